The highest BCUT2D eigenvalue weighted by Gasteiger charge is 2.28. The van der Waals surface area contributed by atoms with E-state index in [1.165, 1.54) is 6.33 Å². The van der Waals surface area contributed by atoms with Gasteiger partial charge in [-0.1, -0.05) is 0 Å². The van der Waals surface area contributed by atoms with Crippen LogP contribution in [0.25, 0.3) is 22.3 Å². The van der Waals surface area contributed by atoms with Crippen LogP contribution in [0.3, 0.4) is 0 Å². The third kappa shape index (κ3) is 3.41. The number of rotatable bonds is 4. The minimum atomic E-state index is -0.253. The molecule has 1 aliphatic rings. The molecule has 1 saturated heterocycles. The molecular weight excluding hydrogens is 398 g/mol. The summed E-state index contributed by atoms with van der Waals surface area (Å²) in [6, 6.07) is 4.02. The lowest BCUT2D eigenvalue weighted by molar-refractivity contribution is 0.0927. The van der Waals surface area contributed by atoms with Gasteiger partial charge >= 0.3 is 6.09 Å². The fraction of sp³-hybridized carbons (Fsp3) is 0.400. The molecule has 1 aliphatic heterocycles. The number of hydrogen-bond donors (Lipinski definition) is 1. The predicted octanol–water partition coefficient (Wildman–Crippen LogP) is 1.99. The lowest BCUT2D eigenvalue weighted by Crippen LogP contribution is -2.39. The van der Waals surface area contributed by atoms with E-state index in [2.05, 4.69) is 24.5 Å². The van der Waals surface area contributed by atoms with E-state index in [9.17, 15) is 4.79 Å². The molecule has 0 radical (unpaired) electrons. The van der Waals surface area contributed by atoms with Crippen LogP contribution in [0.5, 0.6) is 0 Å². The van der Waals surface area contributed by atoms with Crippen molar-refractivity contribution in [1.82, 2.24) is 39.0 Å². The molecule has 0 spiro atoms. The number of pyridine rings is 1. The number of imidazole rings is 2. The van der Waals surface area contributed by atoms with Crippen LogP contribution < -0.4 is 5.73 Å². The number of hydrogen-bond acceptors (Lipinski definition) is 8. The third-order valence-corrected chi connectivity index (χ3v) is 5.62. The molecule has 0 unspecified atom stereocenters. The van der Waals surface area contributed by atoms with Crippen LogP contribution in [-0.4, -0.2) is 64.7 Å². The number of fused-ring (bicyclic) bond motifs is 2. The number of carbonyl (C=O) groups is 1. The molecule has 0 atom stereocenters. The Morgan fingerprint density at radius 3 is 2.84 bits per heavy atom. The van der Waals surface area contributed by atoms with Crippen molar-refractivity contribution in [2.45, 2.75) is 32.4 Å². The van der Waals surface area contributed by atoms with Crippen molar-refractivity contribution >= 4 is 34.2 Å². The number of aromatic nitrogens is 7. The Morgan fingerprint density at radius 2 is 2.03 bits per heavy atom. The Balaban J connectivity index is 1.48. The molecule has 0 bridgehead atoms. The first-order chi connectivity index (χ1) is 15.2. The van der Waals surface area contributed by atoms with E-state index in [-0.39, 0.29) is 12.1 Å². The van der Waals surface area contributed by atoms with Crippen LogP contribution in [-0.2, 0) is 11.3 Å². The summed E-state index contributed by atoms with van der Waals surface area (Å²) in [7, 11) is 0. The zero-order chi connectivity index (χ0) is 21.4. The summed E-state index contributed by atoms with van der Waals surface area (Å²) in [4.78, 5) is 36.0. The van der Waals surface area contributed by atoms with Crippen LogP contribution in [0.1, 0.15) is 31.6 Å². The van der Waals surface area contributed by atoms with Crippen molar-refractivity contribution < 1.29 is 9.53 Å². The van der Waals surface area contributed by atoms with Gasteiger partial charge in [0.05, 0.1) is 19.5 Å². The van der Waals surface area contributed by atoms with Gasteiger partial charge in [-0.2, -0.15) is 0 Å². The molecule has 31 heavy (non-hydrogen) atoms. The lowest BCUT2D eigenvalue weighted by atomic mass is 10.0. The van der Waals surface area contributed by atoms with Crippen molar-refractivity contribution in [3.63, 3.8) is 0 Å². The Hall–Kier alpha value is -3.76. The van der Waals surface area contributed by atoms with Gasteiger partial charge in [-0.25, -0.2) is 29.7 Å². The number of anilines is 1. The normalized spacial score (nSPS) is 15.1. The zero-order valence-corrected chi connectivity index (χ0v) is 17.2. The first kappa shape index (κ1) is 19.2. The van der Waals surface area contributed by atoms with Crippen LogP contribution in [0.4, 0.5) is 10.6 Å². The van der Waals surface area contributed by atoms with Gasteiger partial charge in [0.1, 0.15) is 23.2 Å². The first-order valence-electron chi connectivity index (χ1n) is 10.3. The van der Waals surface area contributed by atoms with Crippen LogP contribution in [0.2, 0.25) is 0 Å². The van der Waals surface area contributed by atoms with Gasteiger partial charge in [-0.05, 0) is 31.9 Å². The number of nitrogens with zero attached hydrogens (tertiary/aromatic N) is 8. The predicted molar refractivity (Wildman–Crippen MR) is 113 cm³/mol. The molecule has 11 nitrogen and oxygen atoms in total. The zero-order valence-electron chi connectivity index (χ0n) is 17.2. The summed E-state index contributed by atoms with van der Waals surface area (Å²) in [5, 5.41) is 0. The molecule has 1 fully saturated rings. The second kappa shape index (κ2) is 7.82. The summed E-state index contributed by atoms with van der Waals surface area (Å²) < 4.78 is 9.25. The fourth-order valence-electron chi connectivity index (χ4n) is 4.16. The maximum absolute atomic E-state index is 12.1. The summed E-state index contributed by atoms with van der Waals surface area (Å²) >= 11 is 0. The third-order valence-electron chi connectivity index (χ3n) is 5.62. The molecule has 5 rings (SSSR count). The maximum Gasteiger partial charge on any atom is 0.409 e. The van der Waals surface area contributed by atoms with E-state index in [0.717, 1.165) is 29.8 Å². The molecule has 5 heterocycles. The van der Waals surface area contributed by atoms with Gasteiger partial charge in [0.25, 0.3) is 0 Å². The van der Waals surface area contributed by atoms with Gasteiger partial charge in [0.2, 0.25) is 0 Å². The number of amides is 1. The van der Waals surface area contributed by atoms with Gasteiger partial charge in [0.15, 0.2) is 17.1 Å². The van der Waals surface area contributed by atoms with E-state index in [0.29, 0.717) is 43.2 Å². The second-order valence-electron chi connectivity index (χ2n) is 7.46. The van der Waals surface area contributed by atoms with Crippen molar-refractivity contribution in [3.8, 4) is 0 Å². The standard InChI is InChI=1S/C20H23N9O2/c1-2-31-20(30)27-8-5-13(6-9-27)29-15(26-14-4-3-7-22-18(14)29)10-28-12-25-16-17(21)23-11-24-19(16)28/h3-4,7,11-13H,2,5-6,8-10H2,1H3,(H2,21,23,24). The Morgan fingerprint density at radius 1 is 1.19 bits per heavy atom. The summed E-state index contributed by atoms with van der Waals surface area (Å²) in [5.74, 6) is 1.21. The van der Waals surface area contributed by atoms with Gasteiger partial charge in [-0.15, -0.1) is 0 Å². The molecule has 0 aromatic carbocycles. The molecule has 0 aliphatic carbocycles. The van der Waals surface area contributed by atoms with Gasteiger partial charge in [-0.3, -0.25) is 0 Å². The molecule has 4 aromatic heterocycles. The van der Waals surface area contributed by atoms with E-state index in [1.807, 2.05) is 23.6 Å². The van der Waals surface area contributed by atoms with Crippen molar-refractivity contribution in [1.29, 1.82) is 0 Å². The minimum Gasteiger partial charge on any atom is -0.450 e. The fourth-order valence-corrected chi connectivity index (χ4v) is 4.16. The van der Waals surface area contributed by atoms with E-state index in [1.54, 1.807) is 17.4 Å². The average Bonchev–Trinajstić information content (AvgIpc) is 3.36. The maximum atomic E-state index is 12.1. The average molecular weight is 421 g/mol. The van der Waals surface area contributed by atoms with Crippen molar-refractivity contribution in [2.75, 3.05) is 25.4 Å². The molecule has 11 heteroatoms. The SMILES string of the molecule is CCOC(=O)N1CCC(n2c(Cn3cnc4c(N)ncnc43)nc3cccnc32)CC1. The smallest absolute Gasteiger partial charge is 0.409 e. The number of piperidine rings is 1. The lowest BCUT2D eigenvalue weighted by Gasteiger charge is -2.32. The van der Waals surface area contributed by atoms with Crippen molar-refractivity contribution in [3.05, 3.63) is 36.8 Å². The highest BCUT2D eigenvalue weighted by atomic mass is 16.6. The molecule has 4 aromatic rings. The Kier molecular flexibility index (Phi) is 4.85. The number of likely N-dealkylation sites (tertiary alicyclic amines) is 1. The van der Waals surface area contributed by atoms with E-state index in [4.69, 9.17) is 15.5 Å². The van der Waals surface area contributed by atoms with E-state index >= 15 is 0 Å². The van der Waals surface area contributed by atoms with Crippen LogP contribution in [0, 0.1) is 0 Å². The first-order valence-corrected chi connectivity index (χ1v) is 10.3. The molecule has 2 N–H and O–H groups in total. The highest BCUT2D eigenvalue weighted by Crippen LogP contribution is 2.29. The Bertz CT molecular complexity index is 1240. The molecule has 1 amide bonds. The highest BCUT2D eigenvalue weighted by molar-refractivity contribution is 5.81. The van der Waals surface area contributed by atoms with Gasteiger partial charge in [0, 0.05) is 25.3 Å². The van der Waals surface area contributed by atoms with E-state index < -0.39 is 0 Å². The number of nitrogen functional groups attached to an aromatic ring is 1. The van der Waals surface area contributed by atoms with Crippen LogP contribution >= 0.6 is 0 Å². The molecular formula is C20H23N9O2. The number of ether oxygens (including phenoxy) is 1. The summed E-state index contributed by atoms with van der Waals surface area (Å²) in [6.07, 6.45) is 6.26. The largest absolute Gasteiger partial charge is 0.450 e. The molecule has 160 valence electrons. The minimum absolute atomic E-state index is 0.176. The summed E-state index contributed by atoms with van der Waals surface area (Å²) in [6.45, 7) is 3.94. The van der Waals surface area contributed by atoms with Crippen LogP contribution in [0.15, 0.2) is 31.0 Å². The number of nitrogens with two attached hydrogens (primary N) is 1. The monoisotopic (exact) mass is 421 g/mol. The topological polar surface area (TPSA) is 130 Å². The molecule has 0 saturated carbocycles. The Labute approximate surface area is 177 Å². The number of carbonyl (C=O) groups excluding carboxylic acids is 1. The van der Waals surface area contributed by atoms with Gasteiger partial charge < -0.3 is 24.5 Å². The van der Waals surface area contributed by atoms with Crippen molar-refractivity contribution in [2.24, 2.45) is 0 Å². The quantitative estimate of drug-likeness (QED) is 0.529. The summed E-state index contributed by atoms with van der Waals surface area (Å²) in [5.41, 5.74) is 8.84. The second-order valence-corrected chi connectivity index (χ2v) is 7.46.